The molecule has 0 saturated heterocycles. The van der Waals surface area contributed by atoms with Gasteiger partial charge in [-0.05, 0) is 12.1 Å². The van der Waals surface area contributed by atoms with Crippen LogP contribution in [0.1, 0.15) is 10.4 Å². The molecule has 0 aliphatic heterocycles. The van der Waals surface area contributed by atoms with Crippen LogP contribution in [0, 0.1) is 0 Å². The first-order valence-electron chi connectivity index (χ1n) is 4.40. The van der Waals surface area contributed by atoms with Crippen molar-refractivity contribution in [1.29, 1.82) is 0 Å². The Bertz CT molecular complexity index is 381. The van der Waals surface area contributed by atoms with Gasteiger partial charge in [-0.3, -0.25) is 9.00 Å². The van der Waals surface area contributed by atoms with E-state index in [1.54, 1.807) is 24.6 Å². The van der Waals surface area contributed by atoms with Crippen LogP contribution in [-0.4, -0.2) is 33.7 Å². The van der Waals surface area contributed by atoms with Crippen molar-refractivity contribution < 1.29 is 9.00 Å². The molecule has 0 aliphatic carbocycles. The van der Waals surface area contributed by atoms with Gasteiger partial charge in [-0.15, -0.1) is 0 Å². The Morgan fingerprint density at radius 3 is 3.00 bits per heavy atom. The first kappa shape index (κ1) is 11.6. The maximum absolute atomic E-state index is 11.0. The Morgan fingerprint density at radius 1 is 1.67 bits per heavy atom. The predicted octanol–water partition coefficient (Wildman–Crippen LogP) is -0.0291. The van der Waals surface area contributed by atoms with Crippen molar-refractivity contribution in [1.82, 2.24) is 4.98 Å². The Kier molecular flexibility index (Phi) is 4.23. The van der Waals surface area contributed by atoms with Crippen LogP contribution in [0.15, 0.2) is 18.3 Å². The normalized spacial score (nSPS) is 12.1. The van der Waals surface area contributed by atoms with Gasteiger partial charge in [0.15, 0.2) is 0 Å². The molecule has 0 aliphatic rings. The number of rotatable bonds is 5. The number of nitrogens with zero attached hydrogens (tertiary/aromatic N) is 1. The van der Waals surface area contributed by atoms with Gasteiger partial charge in [0.1, 0.15) is 5.82 Å². The van der Waals surface area contributed by atoms with Crippen LogP contribution < -0.4 is 11.1 Å². The number of hydrogen-bond acceptors (Lipinski definition) is 4. The standard InChI is InChI=1S/C9H13N3O2S/c1-15(14)6-5-12-9-7(8(10)13)3-2-4-11-9/h2-4H,5-6H2,1H3,(H2,10,13)(H,11,12). The van der Waals surface area contributed by atoms with Crippen molar-refractivity contribution in [2.24, 2.45) is 5.73 Å². The van der Waals surface area contributed by atoms with E-state index in [0.29, 0.717) is 23.7 Å². The fraction of sp³-hybridized carbons (Fsp3) is 0.333. The zero-order chi connectivity index (χ0) is 11.3. The van der Waals surface area contributed by atoms with Gasteiger partial charge in [0.05, 0.1) is 5.56 Å². The molecule has 1 atom stereocenters. The molecule has 1 unspecified atom stereocenters. The molecule has 1 amide bonds. The average Bonchev–Trinajstić information content (AvgIpc) is 2.17. The average molecular weight is 227 g/mol. The third-order valence-corrected chi connectivity index (χ3v) is 2.53. The van der Waals surface area contributed by atoms with Crippen molar-refractivity contribution >= 4 is 22.5 Å². The highest BCUT2D eigenvalue weighted by Crippen LogP contribution is 2.09. The first-order valence-corrected chi connectivity index (χ1v) is 6.12. The molecule has 0 bridgehead atoms. The lowest BCUT2D eigenvalue weighted by Gasteiger charge is -2.07. The highest BCUT2D eigenvalue weighted by Gasteiger charge is 2.07. The Hall–Kier alpha value is -1.43. The Morgan fingerprint density at radius 2 is 2.40 bits per heavy atom. The summed E-state index contributed by atoms with van der Waals surface area (Å²) in [6, 6.07) is 3.24. The molecule has 0 fully saturated rings. The lowest BCUT2D eigenvalue weighted by atomic mass is 10.2. The third-order valence-electron chi connectivity index (χ3n) is 1.76. The third kappa shape index (κ3) is 3.67. The minimum atomic E-state index is -0.863. The summed E-state index contributed by atoms with van der Waals surface area (Å²) < 4.78 is 10.8. The zero-order valence-electron chi connectivity index (χ0n) is 8.40. The number of primary amides is 1. The van der Waals surface area contributed by atoms with Gasteiger partial charge < -0.3 is 11.1 Å². The summed E-state index contributed by atoms with van der Waals surface area (Å²) in [6.45, 7) is 0.500. The molecule has 0 radical (unpaired) electrons. The Labute approximate surface area is 90.5 Å². The molecule has 1 rings (SSSR count). The number of carbonyl (C=O) groups is 1. The van der Waals surface area contributed by atoms with Gasteiger partial charge >= 0.3 is 0 Å². The van der Waals surface area contributed by atoms with Crippen LogP contribution in [0.4, 0.5) is 5.82 Å². The van der Waals surface area contributed by atoms with Gasteiger partial charge in [-0.2, -0.15) is 0 Å². The summed E-state index contributed by atoms with van der Waals surface area (Å²) in [5.41, 5.74) is 5.51. The van der Waals surface area contributed by atoms with Crippen molar-refractivity contribution in [2.45, 2.75) is 0 Å². The minimum Gasteiger partial charge on any atom is -0.368 e. The summed E-state index contributed by atoms with van der Waals surface area (Å²) in [6.07, 6.45) is 3.19. The van der Waals surface area contributed by atoms with E-state index in [1.807, 2.05) is 0 Å². The maximum atomic E-state index is 11.0. The van der Waals surface area contributed by atoms with Gasteiger partial charge in [0, 0.05) is 35.5 Å². The van der Waals surface area contributed by atoms with Crippen LogP contribution in [0.25, 0.3) is 0 Å². The molecule has 15 heavy (non-hydrogen) atoms. The largest absolute Gasteiger partial charge is 0.368 e. The van der Waals surface area contributed by atoms with Crippen LogP contribution in [0.3, 0.4) is 0 Å². The van der Waals surface area contributed by atoms with E-state index in [1.165, 1.54) is 0 Å². The van der Waals surface area contributed by atoms with Crippen molar-refractivity contribution in [2.75, 3.05) is 23.9 Å². The second kappa shape index (κ2) is 5.45. The molecule has 5 nitrogen and oxygen atoms in total. The smallest absolute Gasteiger partial charge is 0.252 e. The molecule has 82 valence electrons. The molecular formula is C9H13N3O2S. The number of amides is 1. The molecule has 6 heteroatoms. The fourth-order valence-electron chi connectivity index (χ4n) is 1.06. The van der Waals surface area contributed by atoms with E-state index in [-0.39, 0.29) is 0 Å². The van der Waals surface area contributed by atoms with Gasteiger partial charge in [-0.1, -0.05) is 0 Å². The molecule has 3 N–H and O–H groups in total. The van der Waals surface area contributed by atoms with Crippen molar-refractivity contribution in [3.05, 3.63) is 23.9 Å². The molecular weight excluding hydrogens is 214 g/mol. The van der Waals surface area contributed by atoms with E-state index in [9.17, 15) is 9.00 Å². The first-order chi connectivity index (χ1) is 7.11. The van der Waals surface area contributed by atoms with Crippen molar-refractivity contribution in [3.63, 3.8) is 0 Å². The number of carbonyl (C=O) groups excluding carboxylic acids is 1. The second-order valence-corrected chi connectivity index (χ2v) is 4.52. The second-order valence-electron chi connectivity index (χ2n) is 2.97. The summed E-state index contributed by atoms with van der Waals surface area (Å²) >= 11 is 0. The molecule has 1 aromatic rings. The molecule has 0 saturated carbocycles. The number of hydrogen-bond donors (Lipinski definition) is 2. The van der Waals surface area contributed by atoms with Gasteiger partial charge in [0.25, 0.3) is 5.91 Å². The summed E-state index contributed by atoms with van der Waals surface area (Å²) in [5.74, 6) is 0.424. The van der Waals surface area contributed by atoms with E-state index >= 15 is 0 Å². The van der Waals surface area contributed by atoms with Gasteiger partial charge in [0.2, 0.25) is 0 Å². The summed E-state index contributed by atoms with van der Waals surface area (Å²) in [5, 5.41) is 2.92. The maximum Gasteiger partial charge on any atom is 0.252 e. The molecule has 1 heterocycles. The van der Waals surface area contributed by atoms with Crippen LogP contribution in [-0.2, 0) is 10.8 Å². The predicted molar refractivity (Wildman–Crippen MR) is 60.2 cm³/mol. The SMILES string of the molecule is CS(=O)CCNc1ncccc1C(N)=O. The zero-order valence-corrected chi connectivity index (χ0v) is 9.21. The molecule has 0 aromatic carbocycles. The van der Waals surface area contributed by atoms with E-state index < -0.39 is 16.7 Å². The number of aromatic nitrogens is 1. The van der Waals surface area contributed by atoms with Crippen LogP contribution >= 0.6 is 0 Å². The van der Waals surface area contributed by atoms with Crippen LogP contribution in [0.5, 0.6) is 0 Å². The highest BCUT2D eigenvalue weighted by molar-refractivity contribution is 7.84. The van der Waals surface area contributed by atoms with Gasteiger partial charge in [-0.25, -0.2) is 4.98 Å². The summed E-state index contributed by atoms with van der Waals surface area (Å²) in [7, 11) is -0.863. The fourth-order valence-corrected chi connectivity index (χ4v) is 1.45. The van der Waals surface area contributed by atoms with Crippen molar-refractivity contribution in [3.8, 4) is 0 Å². The quantitative estimate of drug-likeness (QED) is 0.739. The van der Waals surface area contributed by atoms with E-state index in [2.05, 4.69) is 10.3 Å². The lowest BCUT2D eigenvalue weighted by Crippen LogP contribution is -2.17. The number of pyridine rings is 1. The Balaban J connectivity index is 2.67. The lowest BCUT2D eigenvalue weighted by molar-refractivity contribution is 0.100. The van der Waals surface area contributed by atoms with E-state index in [0.717, 1.165) is 0 Å². The number of anilines is 1. The van der Waals surface area contributed by atoms with Crippen LogP contribution in [0.2, 0.25) is 0 Å². The molecule has 1 aromatic heterocycles. The highest BCUT2D eigenvalue weighted by atomic mass is 32.2. The monoisotopic (exact) mass is 227 g/mol. The summed E-state index contributed by atoms with van der Waals surface area (Å²) in [4.78, 5) is 15.0. The molecule has 0 spiro atoms. The number of nitrogens with two attached hydrogens (primary N) is 1. The minimum absolute atomic E-state index is 0.347. The van der Waals surface area contributed by atoms with E-state index in [4.69, 9.17) is 5.73 Å². The topological polar surface area (TPSA) is 85.1 Å². The number of nitrogens with one attached hydrogen (secondary N) is 1.